The van der Waals surface area contributed by atoms with Gasteiger partial charge in [0.15, 0.2) is 0 Å². The molecule has 5 nitrogen and oxygen atoms in total. The normalized spacial score (nSPS) is 10.3. The maximum atomic E-state index is 12.0. The monoisotopic (exact) mass is 274 g/mol. The van der Waals surface area contributed by atoms with Crippen LogP contribution in [0, 0.1) is 0 Å². The predicted octanol–water partition coefficient (Wildman–Crippen LogP) is 2.45. The summed E-state index contributed by atoms with van der Waals surface area (Å²) in [6.07, 6.45) is 0.693. The smallest absolute Gasteiger partial charge is 0.387 e. The molecular weight excluding hydrogens is 258 g/mol. The average molecular weight is 274 g/mol. The summed E-state index contributed by atoms with van der Waals surface area (Å²) in [6, 6.07) is 5.38. The van der Waals surface area contributed by atoms with E-state index >= 15 is 0 Å². The second-order valence-corrected chi connectivity index (χ2v) is 3.63. The zero-order chi connectivity index (χ0) is 14.1. The number of nitrogens with one attached hydrogen (secondary N) is 2. The molecule has 0 aliphatic carbocycles. The van der Waals surface area contributed by atoms with E-state index in [9.17, 15) is 13.6 Å². The topological polar surface area (TPSA) is 59.6 Å². The number of amides is 2. The molecule has 0 atom stereocenters. The minimum absolute atomic E-state index is 0.00724. The fourth-order valence-corrected chi connectivity index (χ4v) is 1.34. The Morgan fingerprint density at radius 2 is 2.21 bits per heavy atom. The number of urea groups is 1. The zero-order valence-corrected chi connectivity index (χ0v) is 10.5. The predicted molar refractivity (Wildman–Crippen MR) is 66.6 cm³/mol. The van der Waals surface area contributed by atoms with Crippen molar-refractivity contribution in [2.45, 2.75) is 13.0 Å². The first-order valence-electron chi connectivity index (χ1n) is 5.70. The van der Waals surface area contributed by atoms with Crippen LogP contribution in [0.15, 0.2) is 24.3 Å². The van der Waals surface area contributed by atoms with Gasteiger partial charge in [-0.25, -0.2) is 4.79 Å². The molecule has 19 heavy (non-hydrogen) atoms. The van der Waals surface area contributed by atoms with E-state index in [-0.39, 0.29) is 5.75 Å². The summed E-state index contributed by atoms with van der Waals surface area (Å²) in [7, 11) is 1.58. The second-order valence-electron chi connectivity index (χ2n) is 3.63. The molecule has 2 N–H and O–H groups in total. The maximum absolute atomic E-state index is 12.0. The van der Waals surface area contributed by atoms with Gasteiger partial charge in [-0.2, -0.15) is 8.78 Å². The molecule has 0 saturated carbocycles. The highest BCUT2D eigenvalue weighted by Gasteiger charge is 2.06. The Morgan fingerprint density at radius 3 is 2.89 bits per heavy atom. The van der Waals surface area contributed by atoms with Gasteiger partial charge < -0.3 is 20.1 Å². The van der Waals surface area contributed by atoms with Gasteiger partial charge in [-0.05, 0) is 18.6 Å². The van der Waals surface area contributed by atoms with Crippen molar-refractivity contribution < 1.29 is 23.0 Å². The number of hydrogen-bond acceptors (Lipinski definition) is 3. The number of benzene rings is 1. The molecule has 0 fully saturated rings. The van der Waals surface area contributed by atoms with Crippen molar-refractivity contribution in [2.75, 3.05) is 25.6 Å². The molecule has 0 heterocycles. The lowest BCUT2D eigenvalue weighted by Gasteiger charge is -2.09. The number of ether oxygens (including phenoxy) is 2. The lowest BCUT2D eigenvalue weighted by atomic mass is 10.3. The molecule has 2 amide bonds. The van der Waals surface area contributed by atoms with E-state index in [4.69, 9.17) is 4.74 Å². The van der Waals surface area contributed by atoms with Gasteiger partial charge >= 0.3 is 12.6 Å². The second kappa shape index (κ2) is 8.25. The number of methoxy groups -OCH3 is 1. The molecule has 0 spiro atoms. The first-order valence-corrected chi connectivity index (χ1v) is 5.70. The summed E-state index contributed by atoms with van der Waals surface area (Å²) in [4.78, 5) is 11.5. The highest BCUT2D eigenvalue weighted by molar-refractivity contribution is 5.89. The summed E-state index contributed by atoms with van der Waals surface area (Å²) in [5.74, 6) is -0.00724. The third-order valence-electron chi connectivity index (χ3n) is 2.13. The lowest BCUT2D eigenvalue weighted by Crippen LogP contribution is -2.30. The van der Waals surface area contributed by atoms with Crippen molar-refractivity contribution in [1.29, 1.82) is 0 Å². The van der Waals surface area contributed by atoms with Crippen LogP contribution in [-0.4, -0.2) is 32.9 Å². The number of alkyl halides is 2. The van der Waals surface area contributed by atoms with Gasteiger partial charge in [-0.15, -0.1) is 0 Å². The molecule has 1 aromatic rings. The fourth-order valence-electron chi connectivity index (χ4n) is 1.34. The van der Waals surface area contributed by atoms with Gasteiger partial charge in [0.1, 0.15) is 5.75 Å². The summed E-state index contributed by atoms with van der Waals surface area (Å²) in [5, 5.41) is 5.12. The number of carbonyl (C=O) groups excluding carboxylic acids is 1. The minimum atomic E-state index is -2.89. The van der Waals surface area contributed by atoms with Crippen molar-refractivity contribution in [3.8, 4) is 5.75 Å². The van der Waals surface area contributed by atoms with Crippen molar-refractivity contribution in [3.05, 3.63) is 24.3 Å². The third-order valence-corrected chi connectivity index (χ3v) is 2.13. The molecular formula is C12H16F2N2O3. The first-order chi connectivity index (χ1) is 9.11. The van der Waals surface area contributed by atoms with Crippen molar-refractivity contribution in [1.82, 2.24) is 5.32 Å². The molecule has 0 aliphatic heterocycles. The van der Waals surface area contributed by atoms with Gasteiger partial charge in [-0.1, -0.05) is 6.07 Å². The Morgan fingerprint density at radius 1 is 1.42 bits per heavy atom. The lowest BCUT2D eigenvalue weighted by molar-refractivity contribution is -0.0497. The third kappa shape index (κ3) is 6.56. The van der Waals surface area contributed by atoms with Crippen LogP contribution in [0.3, 0.4) is 0 Å². The van der Waals surface area contributed by atoms with Crippen LogP contribution < -0.4 is 15.4 Å². The summed E-state index contributed by atoms with van der Waals surface area (Å²) >= 11 is 0. The van der Waals surface area contributed by atoms with Crippen LogP contribution in [0.25, 0.3) is 0 Å². The van der Waals surface area contributed by atoms with Gasteiger partial charge in [0.05, 0.1) is 0 Å². The van der Waals surface area contributed by atoms with E-state index in [0.29, 0.717) is 25.3 Å². The molecule has 1 aromatic carbocycles. The van der Waals surface area contributed by atoms with Crippen LogP contribution in [0.2, 0.25) is 0 Å². The van der Waals surface area contributed by atoms with Crippen molar-refractivity contribution >= 4 is 11.7 Å². The number of anilines is 1. The Bertz CT molecular complexity index is 402. The van der Waals surface area contributed by atoms with E-state index in [2.05, 4.69) is 15.4 Å². The van der Waals surface area contributed by atoms with Crippen LogP contribution in [0.4, 0.5) is 19.3 Å². The maximum Gasteiger partial charge on any atom is 0.387 e. The van der Waals surface area contributed by atoms with Gasteiger partial charge in [0.2, 0.25) is 0 Å². The summed E-state index contributed by atoms with van der Waals surface area (Å²) < 4.78 is 33.1. The fraction of sp³-hybridized carbons (Fsp3) is 0.417. The number of rotatable bonds is 7. The van der Waals surface area contributed by atoms with E-state index in [0.717, 1.165) is 0 Å². The summed E-state index contributed by atoms with van der Waals surface area (Å²) in [5.41, 5.74) is 0.377. The molecule has 7 heteroatoms. The van der Waals surface area contributed by atoms with E-state index in [1.807, 2.05) is 0 Å². The van der Waals surface area contributed by atoms with Gasteiger partial charge in [0, 0.05) is 32.0 Å². The molecule has 0 bridgehead atoms. The van der Waals surface area contributed by atoms with Crippen LogP contribution in [-0.2, 0) is 4.74 Å². The minimum Gasteiger partial charge on any atom is -0.435 e. The molecule has 0 aromatic heterocycles. The number of halogens is 2. The molecule has 0 saturated heterocycles. The molecule has 0 aliphatic rings. The van der Waals surface area contributed by atoms with E-state index in [1.54, 1.807) is 13.2 Å². The highest BCUT2D eigenvalue weighted by Crippen LogP contribution is 2.19. The quantitative estimate of drug-likeness (QED) is 0.751. The molecule has 1 rings (SSSR count). The number of carbonyl (C=O) groups is 1. The first kappa shape index (κ1) is 15.2. The zero-order valence-electron chi connectivity index (χ0n) is 10.5. The van der Waals surface area contributed by atoms with Crippen molar-refractivity contribution in [3.63, 3.8) is 0 Å². The van der Waals surface area contributed by atoms with E-state index in [1.165, 1.54) is 18.2 Å². The molecule has 0 radical (unpaired) electrons. The van der Waals surface area contributed by atoms with Crippen LogP contribution >= 0.6 is 0 Å². The Hall–Kier alpha value is -1.89. The Balaban J connectivity index is 2.41. The largest absolute Gasteiger partial charge is 0.435 e. The molecule has 0 unspecified atom stereocenters. The van der Waals surface area contributed by atoms with E-state index < -0.39 is 12.6 Å². The standard InChI is InChI=1S/C12H16F2N2O3/c1-18-7-3-6-15-12(17)16-9-4-2-5-10(8-9)19-11(13)14/h2,4-5,8,11H,3,6-7H2,1H3,(H2,15,16,17). The van der Waals surface area contributed by atoms with Crippen LogP contribution in [0.1, 0.15) is 6.42 Å². The Kier molecular flexibility index (Phi) is 6.59. The number of hydrogen-bond donors (Lipinski definition) is 2. The van der Waals surface area contributed by atoms with Gasteiger partial charge in [-0.3, -0.25) is 0 Å². The average Bonchev–Trinajstić information content (AvgIpc) is 2.34. The SMILES string of the molecule is COCCCNC(=O)Nc1cccc(OC(F)F)c1. The van der Waals surface area contributed by atoms with Gasteiger partial charge in [0.25, 0.3) is 0 Å². The molecule has 106 valence electrons. The summed E-state index contributed by atoms with van der Waals surface area (Å²) in [6.45, 7) is -1.87. The van der Waals surface area contributed by atoms with Crippen molar-refractivity contribution in [2.24, 2.45) is 0 Å². The highest BCUT2D eigenvalue weighted by atomic mass is 19.3. The van der Waals surface area contributed by atoms with Crippen LogP contribution in [0.5, 0.6) is 5.75 Å². The Labute approximate surface area is 109 Å².